The molecule has 1 aromatic heterocycles. The maximum absolute atomic E-state index is 12.5. The highest BCUT2D eigenvalue weighted by Gasteiger charge is 2.23. The topological polar surface area (TPSA) is 101 Å². The van der Waals surface area contributed by atoms with Crippen molar-refractivity contribution in [2.24, 2.45) is 0 Å². The van der Waals surface area contributed by atoms with Gasteiger partial charge in [-0.25, -0.2) is 13.2 Å². The van der Waals surface area contributed by atoms with Gasteiger partial charge in [0.2, 0.25) is 10.0 Å². The third kappa shape index (κ3) is 3.18. The van der Waals surface area contributed by atoms with Crippen LogP contribution in [0.5, 0.6) is 0 Å². The molecule has 0 unspecified atom stereocenters. The Balaban J connectivity index is 2.33. The Morgan fingerprint density at radius 1 is 1.32 bits per heavy atom. The summed E-state index contributed by atoms with van der Waals surface area (Å²) in [5.41, 5.74) is 0.946. The van der Waals surface area contributed by atoms with E-state index in [4.69, 9.17) is 9.63 Å². The van der Waals surface area contributed by atoms with Crippen molar-refractivity contribution in [3.63, 3.8) is 0 Å². The first-order valence-corrected chi connectivity index (χ1v) is 7.88. The molecular weight excluding hydrogens is 308 g/mol. The molecule has 2 aromatic rings. The Hall–Kier alpha value is -2.19. The van der Waals surface area contributed by atoms with Crippen LogP contribution >= 0.6 is 0 Å². The van der Waals surface area contributed by atoms with Gasteiger partial charge in [-0.1, -0.05) is 11.2 Å². The van der Waals surface area contributed by atoms with Gasteiger partial charge in [-0.2, -0.15) is 4.31 Å². The normalized spacial score (nSPS) is 11.8. The summed E-state index contributed by atoms with van der Waals surface area (Å²) < 4.78 is 31.0. The zero-order valence-corrected chi connectivity index (χ0v) is 13.2. The monoisotopic (exact) mass is 324 g/mol. The Bertz CT molecular complexity index is 810. The van der Waals surface area contributed by atoms with E-state index in [-0.39, 0.29) is 17.0 Å². The zero-order valence-electron chi connectivity index (χ0n) is 12.4. The van der Waals surface area contributed by atoms with Crippen LogP contribution in [-0.4, -0.2) is 36.0 Å². The van der Waals surface area contributed by atoms with Crippen molar-refractivity contribution in [3.05, 3.63) is 46.8 Å². The number of carboxylic acids is 1. The summed E-state index contributed by atoms with van der Waals surface area (Å²) in [5, 5.41) is 12.8. The molecule has 22 heavy (non-hydrogen) atoms. The highest BCUT2D eigenvalue weighted by atomic mass is 32.2. The van der Waals surface area contributed by atoms with Crippen molar-refractivity contribution in [3.8, 4) is 0 Å². The smallest absolute Gasteiger partial charge is 0.335 e. The third-order valence-electron chi connectivity index (χ3n) is 3.21. The molecule has 0 aliphatic carbocycles. The summed E-state index contributed by atoms with van der Waals surface area (Å²) in [5.74, 6) is -0.575. The van der Waals surface area contributed by atoms with Crippen LogP contribution < -0.4 is 0 Å². The van der Waals surface area contributed by atoms with Crippen LogP contribution in [-0.2, 0) is 16.6 Å². The number of benzene rings is 1. The van der Waals surface area contributed by atoms with Crippen molar-refractivity contribution in [2.75, 3.05) is 7.05 Å². The van der Waals surface area contributed by atoms with Gasteiger partial charge in [-0.3, -0.25) is 0 Å². The molecule has 0 aliphatic rings. The Morgan fingerprint density at radius 2 is 2.00 bits per heavy atom. The molecular formula is C14H16N2O5S. The molecule has 0 amide bonds. The Morgan fingerprint density at radius 3 is 2.55 bits per heavy atom. The van der Waals surface area contributed by atoms with Crippen molar-refractivity contribution in [1.29, 1.82) is 0 Å². The van der Waals surface area contributed by atoms with Gasteiger partial charge in [-0.15, -0.1) is 0 Å². The van der Waals surface area contributed by atoms with Gasteiger partial charge in [0.05, 0.1) is 22.7 Å². The molecule has 1 heterocycles. The van der Waals surface area contributed by atoms with E-state index in [1.165, 1.54) is 19.2 Å². The van der Waals surface area contributed by atoms with E-state index in [2.05, 4.69) is 5.16 Å². The number of hydrogen-bond acceptors (Lipinski definition) is 5. The van der Waals surface area contributed by atoms with Crippen LogP contribution in [0.15, 0.2) is 33.7 Å². The third-order valence-corrected chi connectivity index (χ3v) is 5.01. The van der Waals surface area contributed by atoms with E-state index in [1.54, 1.807) is 19.9 Å². The molecule has 0 fully saturated rings. The van der Waals surface area contributed by atoms with E-state index in [1.807, 2.05) is 0 Å². The van der Waals surface area contributed by atoms with Crippen LogP contribution in [0.2, 0.25) is 0 Å². The van der Waals surface area contributed by atoms with E-state index < -0.39 is 16.0 Å². The van der Waals surface area contributed by atoms with Gasteiger partial charge in [0.1, 0.15) is 5.76 Å². The van der Waals surface area contributed by atoms with Gasteiger partial charge in [-0.05, 0) is 31.5 Å². The molecule has 0 saturated carbocycles. The summed E-state index contributed by atoms with van der Waals surface area (Å²) in [7, 11) is -2.41. The van der Waals surface area contributed by atoms with Crippen molar-refractivity contribution in [2.45, 2.75) is 25.3 Å². The molecule has 2 rings (SSSR count). The molecule has 0 bridgehead atoms. The molecule has 0 radical (unpaired) electrons. The number of sulfonamides is 1. The molecule has 0 aliphatic heterocycles. The Kier molecular flexibility index (Phi) is 4.34. The van der Waals surface area contributed by atoms with E-state index >= 15 is 0 Å². The molecule has 1 aromatic carbocycles. The summed E-state index contributed by atoms with van der Waals surface area (Å²) in [4.78, 5) is 11.1. The number of nitrogens with zero attached hydrogens (tertiary/aromatic N) is 2. The zero-order chi connectivity index (χ0) is 16.5. The first-order chi connectivity index (χ1) is 10.2. The van der Waals surface area contributed by atoms with E-state index in [0.29, 0.717) is 17.0 Å². The number of carboxylic acid groups (broad SMARTS) is 1. The predicted molar refractivity (Wildman–Crippen MR) is 78.0 cm³/mol. The second-order valence-electron chi connectivity index (χ2n) is 4.97. The lowest BCUT2D eigenvalue weighted by atomic mass is 10.1. The average molecular weight is 324 g/mol. The number of rotatable bonds is 5. The predicted octanol–water partition coefficient (Wildman–Crippen LogP) is 1.81. The van der Waals surface area contributed by atoms with Gasteiger partial charge >= 0.3 is 5.97 Å². The minimum absolute atomic E-state index is 0.0354. The highest BCUT2D eigenvalue weighted by molar-refractivity contribution is 7.89. The minimum atomic E-state index is -3.81. The first kappa shape index (κ1) is 16.2. The number of aryl methyl sites for hydroxylation is 2. The van der Waals surface area contributed by atoms with Crippen molar-refractivity contribution < 1.29 is 22.8 Å². The lowest BCUT2D eigenvalue weighted by Gasteiger charge is -2.16. The molecule has 0 saturated heterocycles. The SMILES string of the molecule is Cc1cc(CN(C)S(=O)(=O)c2ccc(C)c(C(=O)O)c2)no1. The number of aromatic nitrogens is 1. The van der Waals surface area contributed by atoms with Crippen LogP contribution in [0.25, 0.3) is 0 Å². The van der Waals surface area contributed by atoms with Crippen molar-refractivity contribution in [1.82, 2.24) is 9.46 Å². The van der Waals surface area contributed by atoms with Crippen LogP contribution in [0, 0.1) is 13.8 Å². The fraction of sp³-hybridized carbons (Fsp3) is 0.286. The maximum Gasteiger partial charge on any atom is 0.335 e. The minimum Gasteiger partial charge on any atom is -0.478 e. The lowest BCUT2D eigenvalue weighted by molar-refractivity contribution is 0.0696. The summed E-state index contributed by atoms with van der Waals surface area (Å²) >= 11 is 0. The van der Waals surface area contributed by atoms with E-state index in [0.717, 1.165) is 10.4 Å². The molecule has 0 spiro atoms. The number of hydrogen-bond donors (Lipinski definition) is 1. The fourth-order valence-corrected chi connectivity index (χ4v) is 3.15. The molecule has 1 N–H and O–H groups in total. The Labute approximate surface area is 128 Å². The van der Waals surface area contributed by atoms with Gasteiger partial charge in [0, 0.05) is 13.1 Å². The van der Waals surface area contributed by atoms with Gasteiger partial charge in [0.25, 0.3) is 0 Å². The van der Waals surface area contributed by atoms with Crippen LogP contribution in [0.3, 0.4) is 0 Å². The molecule has 118 valence electrons. The summed E-state index contributed by atoms with van der Waals surface area (Å²) in [6.45, 7) is 3.36. The molecule has 7 nitrogen and oxygen atoms in total. The van der Waals surface area contributed by atoms with Crippen LogP contribution in [0.1, 0.15) is 27.4 Å². The van der Waals surface area contributed by atoms with Crippen LogP contribution in [0.4, 0.5) is 0 Å². The quantitative estimate of drug-likeness (QED) is 0.900. The second-order valence-corrected chi connectivity index (χ2v) is 7.02. The lowest BCUT2D eigenvalue weighted by Crippen LogP contribution is -2.27. The second kappa shape index (κ2) is 5.90. The maximum atomic E-state index is 12.5. The summed E-state index contributed by atoms with van der Waals surface area (Å²) in [6.07, 6.45) is 0. The largest absolute Gasteiger partial charge is 0.478 e. The van der Waals surface area contributed by atoms with Gasteiger partial charge in [0.15, 0.2) is 0 Å². The van der Waals surface area contributed by atoms with E-state index in [9.17, 15) is 13.2 Å². The summed E-state index contributed by atoms with van der Waals surface area (Å²) in [6, 6.07) is 5.67. The molecule has 0 atom stereocenters. The van der Waals surface area contributed by atoms with Gasteiger partial charge < -0.3 is 9.63 Å². The average Bonchev–Trinajstić information content (AvgIpc) is 2.84. The standard InChI is InChI=1S/C14H16N2O5S/c1-9-4-5-12(7-13(9)14(17)18)22(19,20)16(3)8-11-6-10(2)21-15-11/h4-7H,8H2,1-3H3,(H,17,18). The van der Waals surface area contributed by atoms with Crippen molar-refractivity contribution >= 4 is 16.0 Å². The first-order valence-electron chi connectivity index (χ1n) is 6.44. The number of carbonyl (C=O) groups is 1. The number of aromatic carboxylic acids is 1. The fourth-order valence-electron chi connectivity index (χ4n) is 1.98. The molecule has 8 heteroatoms. The highest BCUT2D eigenvalue weighted by Crippen LogP contribution is 2.20.